The molecule has 0 spiro atoms. The fourth-order valence-electron chi connectivity index (χ4n) is 2.39. The van der Waals surface area contributed by atoms with Gasteiger partial charge < -0.3 is 4.74 Å². The Morgan fingerprint density at radius 1 is 1.14 bits per heavy atom. The van der Waals surface area contributed by atoms with Crippen molar-refractivity contribution in [2.45, 2.75) is 13.3 Å². The van der Waals surface area contributed by atoms with Crippen molar-refractivity contribution in [1.29, 1.82) is 0 Å². The SMILES string of the molecule is CCOC(=O)Nc1cccc(C/C=C\C(=N/NC=O)c2ccc(C=O)cc2)c1. The molecular weight excluding hydrogens is 358 g/mol. The molecule has 144 valence electrons. The van der Waals surface area contributed by atoms with Gasteiger partial charge >= 0.3 is 6.09 Å². The van der Waals surface area contributed by atoms with Gasteiger partial charge in [-0.25, -0.2) is 10.2 Å². The van der Waals surface area contributed by atoms with E-state index < -0.39 is 6.09 Å². The van der Waals surface area contributed by atoms with Gasteiger partial charge in [-0.2, -0.15) is 5.10 Å². The normalized spacial score (nSPS) is 11.1. The zero-order valence-electron chi connectivity index (χ0n) is 15.4. The Morgan fingerprint density at radius 3 is 2.61 bits per heavy atom. The lowest BCUT2D eigenvalue weighted by Crippen LogP contribution is -2.13. The first kappa shape index (κ1) is 20.6. The maximum absolute atomic E-state index is 11.5. The van der Waals surface area contributed by atoms with E-state index in [9.17, 15) is 14.4 Å². The second kappa shape index (κ2) is 11.1. The van der Waals surface area contributed by atoms with E-state index in [1.54, 1.807) is 43.3 Å². The maximum Gasteiger partial charge on any atom is 0.411 e. The number of allylic oxidation sites excluding steroid dienone is 2. The molecule has 0 radical (unpaired) electrons. The van der Waals surface area contributed by atoms with Crippen LogP contribution >= 0.6 is 0 Å². The lowest BCUT2D eigenvalue weighted by Gasteiger charge is -2.06. The Kier molecular flexibility index (Phi) is 8.14. The van der Waals surface area contributed by atoms with Crippen LogP contribution in [-0.4, -0.2) is 31.1 Å². The van der Waals surface area contributed by atoms with Crippen molar-refractivity contribution in [1.82, 2.24) is 5.43 Å². The molecule has 28 heavy (non-hydrogen) atoms. The van der Waals surface area contributed by atoms with Gasteiger partial charge in [-0.1, -0.05) is 42.5 Å². The molecule has 0 saturated heterocycles. The van der Waals surface area contributed by atoms with E-state index in [0.717, 1.165) is 17.4 Å². The number of ether oxygens (including phenoxy) is 1. The van der Waals surface area contributed by atoms with E-state index in [2.05, 4.69) is 15.8 Å². The molecule has 0 unspecified atom stereocenters. The molecule has 2 aromatic carbocycles. The number of hydrogen-bond donors (Lipinski definition) is 2. The van der Waals surface area contributed by atoms with Crippen LogP contribution in [-0.2, 0) is 16.0 Å². The second-order valence-corrected chi connectivity index (χ2v) is 5.64. The van der Waals surface area contributed by atoms with Crippen molar-refractivity contribution in [3.63, 3.8) is 0 Å². The van der Waals surface area contributed by atoms with Crippen LogP contribution < -0.4 is 10.7 Å². The molecule has 2 N–H and O–H groups in total. The van der Waals surface area contributed by atoms with Gasteiger partial charge in [0.1, 0.15) is 6.29 Å². The fourth-order valence-corrected chi connectivity index (χ4v) is 2.39. The van der Waals surface area contributed by atoms with E-state index >= 15 is 0 Å². The Morgan fingerprint density at radius 2 is 1.93 bits per heavy atom. The van der Waals surface area contributed by atoms with Gasteiger partial charge in [-0.05, 0) is 37.1 Å². The highest BCUT2D eigenvalue weighted by Crippen LogP contribution is 2.12. The summed E-state index contributed by atoms with van der Waals surface area (Å²) in [5.41, 5.74) is 5.77. The lowest BCUT2D eigenvalue weighted by atomic mass is 10.1. The van der Waals surface area contributed by atoms with E-state index in [1.807, 2.05) is 24.3 Å². The van der Waals surface area contributed by atoms with Crippen molar-refractivity contribution in [2.24, 2.45) is 5.10 Å². The number of anilines is 1. The number of amides is 2. The summed E-state index contributed by atoms with van der Waals surface area (Å²) in [6.07, 6.45) is 5.00. The molecule has 0 aliphatic carbocycles. The minimum absolute atomic E-state index is 0.305. The number of nitrogens with one attached hydrogen (secondary N) is 2. The summed E-state index contributed by atoms with van der Waals surface area (Å²) < 4.78 is 4.86. The minimum atomic E-state index is -0.497. The van der Waals surface area contributed by atoms with Crippen LogP contribution in [0, 0.1) is 0 Å². The topological polar surface area (TPSA) is 96.9 Å². The molecule has 0 bridgehead atoms. The number of carbonyl (C=O) groups excluding carboxylic acids is 3. The van der Waals surface area contributed by atoms with E-state index in [0.29, 0.717) is 36.4 Å². The third-order valence-corrected chi connectivity index (χ3v) is 3.66. The van der Waals surface area contributed by atoms with Crippen molar-refractivity contribution in [2.75, 3.05) is 11.9 Å². The van der Waals surface area contributed by atoms with Gasteiger partial charge in [0.25, 0.3) is 0 Å². The standard InChI is InChI=1S/C21H21N3O4/c1-2-28-21(27)23-19-7-3-5-16(13-19)6-4-8-20(24-22-15-26)18-11-9-17(14-25)10-12-18/h3-5,7-15H,2,6H2,1H3,(H,22,26)(H,23,27)/b8-4-,24-20+. The highest BCUT2D eigenvalue weighted by Gasteiger charge is 2.03. The van der Waals surface area contributed by atoms with Crippen LogP contribution in [0.1, 0.15) is 28.4 Å². The van der Waals surface area contributed by atoms with Gasteiger partial charge in [0.15, 0.2) is 0 Å². The molecule has 0 aliphatic heterocycles. The van der Waals surface area contributed by atoms with Crippen LogP contribution in [0.3, 0.4) is 0 Å². The highest BCUT2D eigenvalue weighted by atomic mass is 16.5. The van der Waals surface area contributed by atoms with Gasteiger partial charge in [0.2, 0.25) is 6.41 Å². The fraction of sp³-hybridized carbons (Fsp3) is 0.143. The van der Waals surface area contributed by atoms with E-state index in [4.69, 9.17) is 4.74 Å². The molecule has 0 aliphatic rings. The first-order chi connectivity index (χ1) is 13.7. The first-order valence-corrected chi connectivity index (χ1v) is 8.68. The highest BCUT2D eigenvalue weighted by molar-refractivity contribution is 6.09. The van der Waals surface area contributed by atoms with E-state index in [-0.39, 0.29) is 0 Å². The molecule has 7 heteroatoms. The summed E-state index contributed by atoms with van der Waals surface area (Å²) in [6.45, 7) is 2.05. The second-order valence-electron chi connectivity index (χ2n) is 5.64. The van der Waals surface area contributed by atoms with Gasteiger partial charge in [-0.15, -0.1) is 0 Å². The largest absolute Gasteiger partial charge is 0.450 e. The predicted octanol–water partition coefficient (Wildman–Crippen LogP) is 3.32. The molecule has 2 aromatic rings. The van der Waals surface area contributed by atoms with Crippen molar-refractivity contribution in [3.8, 4) is 0 Å². The van der Waals surface area contributed by atoms with Crippen LogP contribution in [0.2, 0.25) is 0 Å². The van der Waals surface area contributed by atoms with Crippen LogP contribution in [0.5, 0.6) is 0 Å². The van der Waals surface area contributed by atoms with Crippen molar-refractivity contribution >= 4 is 30.2 Å². The van der Waals surface area contributed by atoms with Crippen LogP contribution in [0.4, 0.5) is 10.5 Å². The summed E-state index contributed by atoms with van der Waals surface area (Å²) in [4.78, 5) is 32.9. The maximum atomic E-state index is 11.5. The Labute approximate surface area is 163 Å². The molecule has 2 rings (SSSR count). The summed E-state index contributed by atoms with van der Waals surface area (Å²) >= 11 is 0. The average molecular weight is 379 g/mol. The molecule has 0 fully saturated rings. The van der Waals surface area contributed by atoms with Crippen LogP contribution in [0.25, 0.3) is 0 Å². The predicted molar refractivity (Wildman–Crippen MR) is 107 cm³/mol. The zero-order chi connectivity index (χ0) is 20.2. The molecule has 0 atom stereocenters. The monoisotopic (exact) mass is 379 g/mol. The third kappa shape index (κ3) is 6.53. The number of hydrogen-bond acceptors (Lipinski definition) is 5. The number of carbonyl (C=O) groups is 3. The minimum Gasteiger partial charge on any atom is -0.450 e. The molecule has 7 nitrogen and oxygen atoms in total. The summed E-state index contributed by atoms with van der Waals surface area (Å²) in [5.74, 6) is 0. The Hall–Kier alpha value is -3.74. The average Bonchev–Trinajstić information content (AvgIpc) is 2.71. The Bertz CT molecular complexity index is 873. The van der Waals surface area contributed by atoms with Gasteiger partial charge in [0, 0.05) is 16.8 Å². The van der Waals surface area contributed by atoms with E-state index in [1.165, 1.54) is 0 Å². The molecule has 2 amide bonds. The van der Waals surface area contributed by atoms with Crippen molar-refractivity contribution in [3.05, 3.63) is 77.4 Å². The number of rotatable bonds is 9. The number of nitrogens with zero attached hydrogens (tertiary/aromatic N) is 1. The molecular formula is C21H21N3O4. The zero-order valence-corrected chi connectivity index (χ0v) is 15.4. The smallest absolute Gasteiger partial charge is 0.411 e. The number of aldehydes is 1. The lowest BCUT2D eigenvalue weighted by molar-refractivity contribution is -0.109. The quantitative estimate of drug-likeness (QED) is 0.397. The van der Waals surface area contributed by atoms with Gasteiger partial charge in [0.05, 0.1) is 12.3 Å². The molecule has 0 heterocycles. The Balaban J connectivity index is 2.09. The first-order valence-electron chi connectivity index (χ1n) is 8.68. The molecule has 0 saturated carbocycles. The van der Waals surface area contributed by atoms with Gasteiger partial charge in [-0.3, -0.25) is 14.9 Å². The van der Waals surface area contributed by atoms with Crippen LogP contribution in [0.15, 0.2) is 65.8 Å². The summed E-state index contributed by atoms with van der Waals surface area (Å²) in [7, 11) is 0. The summed E-state index contributed by atoms with van der Waals surface area (Å²) in [5, 5.41) is 6.69. The third-order valence-electron chi connectivity index (χ3n) is 3.66. The molecule has 0 aromatic heterocycles. The number of hydrazone groups is 1. The van der Waals surface area contributed by atoms with Crippen molar-refractivity contribution < 1.29 is 19.1 Å². The number of benzene rings is 2. The summed E-state index contributed by atoms with van der Waals surface area (Å²) in [6, 6.07) is 14.3.